The molecule has 0 spiro atoms. The number of ether oxygens (including phenoxy) is 1. The summed E-state index contributed by atoms with van der Waals surface area (Å²) in [6.45, 7) is 1.69. The number of carbonyl (C=O) groups excluding carboxylic acids is 1. The number of amides is 1. The summed E-state index contributed by atoms with van der Waals surface area (Å²) in [7, 11) is 0. The highest BCUT2D eigenvalue weighted by Crippen LogP contribution is 2.16. The van der Waals surface area contributed by atoms with Crippen molar-refractivity contribution in [3.8, 4) is 5.75 Å². The van der Waals surface area contributed by atoms with Crippen LogP contribution in [0.15, 0.2) is 48.5 Å². The second-order valence-corrected chi connectivity index (χ2v) is 4.16. The summed E-state index contributed by atoms with van der Waals surface area (Å²) in [5.74, 6) is -0.627. The summed E-state index contributed by atoms with van der Waals surface area (Å²) < 4.78 is 5.05. The molecule has 0 unspecified atom stereocenters. The molecular formula is C15H13NO4. The van der Waals surface area contributed by atoms with Gasteiger partial charge in [-0.1, -0.05) is 24.3 Å². The molecule has 5 heteroatoms. The minimum Gasteiger partial charge on any atom is -0.478 e. The quantitative estimate of drug-likeness (QED) is 0.898. The second kappa shape index (κ2) is 5.88. The Morgan fingerprint density at radius 2 is 1.80 bits per heavy atom. The Hall–Kier alpha value is -2.82. The highest BCUT2D eigenvalue weighted by atomic mass is 16.6. The maximum absolute atomic E-state index is 11.7. The van der Waals surface area contributed by atoms with Crippen LogP contribution in [0, 0.1) is 6.92 Å². The van der Waals surface area contributed by atoms with E-state index in [1.807, 2.05) is 6.07 Å². The van der Waals surface area contributed by atoms with Crippen LogP contribution >= 0.6 is 0 Å². The maximum Gasteiger partial charge on any atom is 0.417 e. The van der Waals surface area contributed by atoms with E-state index in [0.717, 1.165) is 0 Å². The van der Waals surface area contributed by atoms with Gasteiger partial charge in [0.1, 0.15) is 5.75 Å². The number of carboxylic acid groups (broad SMARTS) is 1. The number of carbonyl (C=O) groups is 2. The van der Waals surface area contributed by atoms with Crippen LogP contribution < -0.4 is 10.1 Å². The van der Waals surface area contributed by atoms with Gasteiger partial charge in [-0.05, 0) is 36.8 Å². The molecule has 0 saturated heterocycles. The summed E-state index contributed by atoms with van der Waals surface area (Å²) in [5.41, 5.74) is 1.14. The first-order valence-corrected chi connectivity index (χ1v) is 5.94. The van der Waals surface area contributed by atoms with Crippen molar-refractivity contribution < 1.29 is 19.4 Å². The zero-order valence-corrected chi connectivity index (χ0v) is 10.8. The summed E-state index contributed by atoms with van der Waals surface area (Å²) >= 11 is 0. The van der Waals surface area contributed by atoms with Crippen LogP contribution in [0.25, 0.3) is 0 Å². The molecule has 1 amide bonds. The number of hydrogen-bond acceptors (Lipinski definition) is 3. The van der Waals surface area contributed by atoms with Crippen molar-refractivity contribution in [2.24, 2.45) is 0 Å². The van der Waals surface area contributed by atoms with E-state index >= 15 is 0 Å². The lowest BCUT2D eigenvalue weighted by molar-refractivity contribution is 0.0696. The molecule has 20 heavy (non-hydrogen) atoms. The van der Waals surface area contributed by atoms with Crippen molar-refractivity contribution in [2.75, 3.05) is 5.32 Å². The predicted octanol–water partition coefficient (Wildman–Crippen LogP) is 3.30. The van der Waals surface area contributed by atoms with Gasteiger partial charge in [0.15, 0.2) is 0 Å². The number of nitrogens with one attached hydrogen (secondary N) is 1. The van der Waals surface area contributed by atoms with Gasteiger partial charge in [-0.25, -0.2) is 9.59 Å². The summed E-state index contributed by atoms with van der Waals surface area (Å²) in [6.07, 6.45) is -0.670. The van der Waals surface area contributed by atoms with Gasteiger partial charge in [-0.2, -0.15) is 0 Å². The molecular weight excluding hydrogens is 258 g/mol. The minimum absolute atomic E-state index is 0.141. The van der Waals surface area contributed by atoms with E-state index in [1.165, 1.54) is 6.07 Å². The fraction of sp³-hybridized carbons (Fsp3) is 0.0667. The molecule has 0 aliphatic carbocycles. The number of aromatic carboxylic acids is 1. The molecule has 0 aliphatic rings. The van der Waals surface area contributed by atoms with Gasteiger partial charge >= 0.3 is 12.1 Å². The lowest BCUT2D eigenvalue weighted by atomic mass is 10.1. The predicted molar refractivity (Wildman–Crippen MR) is 74.2 cm³/mol. The highest BCUT2D eigenvalue weighted by molar-refractivity contribution is 5.93. The van der Waals surface area contributed by atoms with Crippen LogP contribution in [0.5, 0.6) is 5.75 Å². The minimum atomic E-state index is -1.04. The maximum atomic E-state index is 11.7. The first-order chi connectivity index (χ1) is 9.56. The Bertz CT molecular complexity index is 638. The van der Waals surface area contributed by atoms with Crippen LogP contribution in [0.2, 0.25) is 0 Å². The van der Waals surface area contributed by atoms with Gasteiger partial charge in [0.05, 0.1) is 5.56 Å². The number of para-hydroxylation sites is 1. The zero-order chi connectivity index (χ0) is 14.5. The Morgan fingerprint density at radius 3 is 2.45 bits per heavy atom. The number of carboxylic acids is 1. The zero-order valence-electron chi connectivity index (χ0n) is 10.8. The van der Waals surface area contributed by atoms with Crippen LogP contribution in [0.1, 0.15) is 15.9 Å². The summed E-state index contributed by atoms with van der Waals surface area (Å²) in [5, 5.41) is 11.5. The van der Waals surface area contributed by atoms with Gasteiger partial charge in [0.25, 0.3) is 0 Å². The van der Waals surface area contributed by atoms with Crippen LogP contribution in [-0.4, -0.2) is 17.2 Å². The van der Waals surface area contributed by atoms with Crippen molar-refractivity contribution >= 4 is 17.7 Å². The van der Waals surface area contributed by atoms with Crippen molar-refractivity contribution in [1.82, 2.24) is 0 Å². The lowest BCUT2D eigenvalue weighted by Gasteiger charge is -2.08. The number of aryl methyl sites for hydroxylation is 1. The molecule has 0 atom stereocenters. The molecule has 0 fully saturated rings. The van der Waals surface area contributed by atoms with Gasteiger partial charge in [-0.3, -0.25) is 5.32 Å². The first-order valence-electron chi connectivity index (χ1n) is 5.94. The van der Waals surface area contributed by atoms with E-state index in [2.05, 4.69) is 5.32 Å². The molecule has 2 N–H and O–H groups in total. The number of hydrogen-bond donors (Lipinski definition) is 2. The Kier molecular flexibility index (Phi) is 4.00. The fourth-order valence-corrected chi connectivity index (χ4v) is 1.67. The molecule has 0 aliphatic heterocycles. The number of anilines is 1. The van der Waals surface area contributed by atoms with Crippen LogP contribution in [0.4, 0.5) is 10.5 Å². The smallest absolute Gasteiger partial charge is 0.417 e. The molecule has 0 radical (unpaired) electrons. The Balaban J connectivity index is 2.08. The molecule has 0 bridgehead atoms. The molecule has 0 aromatic heterocycles. The first kappa shape index (κ1) is 13.6. The average molecular weight is 271 g/mol. The fourth-order valence-electron chi connectivity index (χ4n) is 1.67. The van der Waals surface area contributed by atoms with Gasteiger partial charge < -0.3 is 9.84 Å². The van der Waals surface area contributed by atoms with Gasteiger partial charge in [0.2, 0.25) is 0 Å². The van der Waals surface area contributed by atoms with Gasteiger partial charge in [-0.15, -0.1) is 0 Å². The third-order valence-corrected chi connectivity index (χ3v) is 2.67. The molecule has 102 valence electrons. The van der Waals surface area contributed by atoms with Crippen molar-refractivity contribution in [2.45, 2.75) is 6.92 Å². The SMILES string of the molecule is Cc1ccc(NC(=O)Oc2ccccc2)cc1C(=O)O. The van der Waals surface area contributed by atoms with E-state index in [0.29, 0.717) is 17.0 Å². The van der Waals surface area contributed by atoms with E-state index in [9.17, 15) is 9.59 Å². The standard InChI is InChI=1S/C15H13NO4/c1-10-7-8-11(9-13(10)14(17)18)16-15(19)20-12-5-3-2-4-6-12/h2-9H,1H3,(H,16,19)(H,17,18). The molecule has 2 rings (SSSR count). The normalized spacial score (nSPS) is 9.85. The molecule has 2 aromatic carbocycles. The monoisotopic (exact) mass is 271 g/mol. The van der Waals surface area contributed by atoms with Crippen molar-refractivity contribution in [3.05, 3.63) is 59.7 Å². The van der Waals surface area contributed by atoms with Crippen molar-refractivity contribution in [3.63, 3.8) is 0 Å². The summed E-state index contributed by atoms with van der Waals surface area (Å²) in [6, 6.07) is 13.2. The Labute approximate surface area is 115 Å². The average Bonchev–Trinajstić information content (AvgIpc) is 2.41. The molecule has 0 heterocycles. The van der Waals surface area contributed by atoms with E-state index in [1.54, 1.807) is 43.3 Å². The number of rotatable bonds is 3. The molecule has 0 saturated carbocycles. The third-order valence-electron chi connectivity index (χ3n) is 2.67. The summed E-state index contributed by atoms with van der Waals surface area (Å²) in [4.78, 5) is 22.7. The third kappa shape index (κ3) is 3.35. The molecule has 2 aromatic rings. The highest BCUT2D eigenvalue weighted by Gasteiger charge is 2.10. The molecule has 5 nitrogen and oxygen atoms in total. The van der Waals surface area contributed by atoms with Crippen molar-refractivity contribution in [1.29, 1.82) is 0 Å². The topological polar surface area (TPSA) is 75.6 Å². The second-order valence-electron chi connectivity index (χ2n) is 4.16. The van der Waals surface area contributed by atoms with E-state index in [4.69, 9.17) is 9.84 Å². The van der Waals surface area contributed by atoms with E-state index in [-0.39, 0.29) is 5.56 Å². The number of benzene rings is 2. The largest absolute Gasteiger partial charge is 0.478 e. The van der Waals surface area contributed by atoms with Gasteiger partial charge in [0, 0.05) is 5.69 Å². The van der Waals surface area contributed by atoms with Crippen LogP contribution in [0.3, 0.4) is 0 Å². The van der Waals surface area contributed by atoms with E-state index < -0.39 is 12.1 Å². The van der Waals surface area contributed by atoms with Crippen LogP contribution in [-0.2, 0) is 0 Å². The lowest BCUT2D eigenvalue weighted by Crippen LogP contribution is -2.17. The Morgan fingerprint density at radius 1 is 1.10 bits per heavy atom.